The third-order valence-electron chi connectivity index (χ3n) is 3.62. The normalized spacial score (nSPS) is 17.0. The van der Waals surface area contributed by atoms with Gasteiger partial charge < -0.3 is 10.2 Å². The second-order valence-electron chi connectivity index (χ2n) is 6.62. The molecule has 116 valence electrons. The van der Waals surface area contributed by atoms with Crippen LogP contribution in [0.25, 0.3) is 0 Å². The zero-order valence-electron chi connectivity index (χ0n) is 13.3. The third-order valence-corrected chi connectivity index (χ3v) is 3.62. The van der Waals surface area contributed by atoms with Gasteiger partial charge in [-0.1, -0.05) is 6.07 Å². The zero-order chi connectivity index (χ0) is 15.3. The molecule has 1 saturated heterocycles. The van der Waals surface area contributed by atoms with E-state index in [9.17, 15) is 4.79 Å². The predicted octanol–water partition coefficient (Wildman–Crippen LogP) is 1.11. The van der Waals surface area contributed by atoms with Crippen molar-refractivity contribution < 1.29 is 4.79 Å². The van der Waals surface area contributed by atoms with Gasteiger partial charge in [0.2, 0.25) is 5.91 Å². The average molecular weight is 290 g/mol. The summed E-state index contributed by atoms with van der Waals surface area (Å²) in [6, 6.07) is 4.06. The molecule has 0 aliphatic carbocycles. The van der Waals surface area contributed by atoms with Crippen molar-refractivity contribution in [3.05, 3.63) is 30.1 Å². The third kappa shape index (κ3) is 5.44. The highest BCUT2D eigenvalue weighted by molar-refractivity contribution is 5.78. The molecule has 5 nitrogen and oxygen atoms in total. The molecule has 1 aromatic heterocycles. The Kier molecular flexibility index (Phi) is 5.31. The summed E-state index contributed by atoms with van der Waals surface area (Å²) >= 11 is 0. The number of carbonyl (C=O) groups excluding carboxylic acids is 1. The van der Waals surface area contributed by atoms with E-state index in [1.807, 2.05) is 17.2 Å². The van der Waals surface area contributed by atoms with Crippen LogP contribution < -0.4 is 5.32 Å². The van der Waals surface area contributed by atoms with E-state index in [1.54, 1.807) is 6.20 Å². The highest BCUT2D eigenvalue weighted by Crippen LogP contribution is 2.08. The van der Waals surface area contributed by atoms with Crippen molar-refractivity contribution in [1.29, 1.82) is 0 Å². The van der Waals surface area contributed by atoms with Crippen LogP contribution in [0.2, 0.25) is 0 Å². The SMILES string of the molecule is CC(C)(C)NCC(=O)N1CCN(Cc2cccnc2)CC1. The number of carbonyl (C=O) groups is 1. The van der Waals surface area contributed by atoms with Crippen LogP contribution in [-0.4, -0.2) is 59.0 Å². The molecular formula is C16H26N4O. The van der Waals surface area contributed by atoms with Crippen molar-refractivity contribution in [2.24, 2.45) is 0 Å². The van der Waals surface area contributed by atoms with E-state index in [4.69, 9.17) is 0 Å². The summed E-state index contributed by atoms with van der Waals surface area (Å²) in [4.78, 5) is 20.6. The van der Waals surface area contributed by atoms with Crippen molar-refractivity contribution in [3.8, 4) is 0 Å². The minimum Gasteiger partial charge on any atom is -0.339 e. The first-order valence-corrected chi connectivity index (χ1v) is 7.58. The molecule has 0 saturated carbocycles. The van der Waals surface area contributed by atoms with E-state index >= 15 is 0 Å². The molecule has 0 spiro atoms. The predicted molar refractivity (Wildman–Crippen MR) is 83.8 cm³/mol. The van der Waals surface area contributed by atoms with Crippen molar-refractivity contribution in [1.82, 2.24) is 20.1 Å². The summed E-state index contributed by atoms with van der Waals surface area (Å²) in [6.07, 6.45) is 3.70. The smallest absolute Gasteiger partial charge is 0.236 e. The number of piperazine rings is 1. The quantitative estimate of drug-likeness (QED) is 0.902. The highest BCUT2D eigenvalue weighted by Gasteiger charge is 2.22. The van der Waals surface area contributed by atoms with E-state index in [0.717, 1.165) is 32.7 Å². The molecule has 0 aromatic carbocycles. The monoisotopic (exact) mass is 290 g/mol. The van der Waals surface area contributed by atoms with Crippen LogP contribution in [0.1, 0.15) is 26.3 Å². The second kappa shape index (κ2) is 7.00. The van der Waals surface area contributed by atoms with Crippen LogP contribution in [0.3, 0.4) is 0 Å². The first-order chi connectivity index (χ1) is 9.94. The lowest BCUT2D eigenvalue weighted by Gasteiger charge is -2.35. The lowest BCUT2D eigenvalue weighted by Crippen LogP contribution is -2.52. The molecule has 1 fully saturated rings. The van der Waals surface area contributed by atoms with Gasteiger partial charge in [-0.2, -0.15) is 0 Å². The summed E-state index contributed by atoms with van der Waals surface area (Å²) in [6.45, 7) is 11.0. The largest absolute Gasteiger partial charge is 0.339 e. The fourth-order valence-corrected chi connectivity index (χ4v) is 2.36. The van der Waals surface area contributed by atoms with Gasteiger partial charge in [-0.15, -0.1) is 0 Å². The summed E-state index contributed by atoms with van der Waals surface area (Å²) in [7, 11) is 0. The summed E-state index contributed by atoms with van der Waals surface area (Å²) in [5.41, 5.74) is 1.21. The van der Waals surface area contributed by atoms with Gasteiger partial charge in [0.05, 0.1) is 6.54 Å². The van der Waals surface area contributed by atoms with Crippen molar-refractivity contribution in [3.63, 3.8) is 0 Å². The van der Waals surface area contributed by atoms with Crippen LogP contribution in [0.4, 0.5) is 0 Å². The first kappa shape index (κ1) is 15.9. The fraction of sp³-hybridized carbons (Fsp3) is 0.625. The number of hydrogen-bond donors (Lipinski definition) is 1. The maximum Gasteiger partial charge on any atom is 0.236 e. The van der Waals surface area contributed by atoms with Crippen LogP contribution in [0.15, 0.2) is 24.5 Å². The minimum atomic E-state index is -0.0161. The molecule has 1 aliphatic rings. The molecule has 0 bridgehead atoms. The number of rotatable bonds is 4. The average Bonchev–Trinajstić information content (AvgIpc) is 2.46. The van der Waals surface area contributed by atoms with Gasteiger partial charge in [0.25, 0.3) is 0 Å². The number of nitrogens with zero attached hydrogens (tertiary/aromatic N) is 3. The van der Waals surface area contributed by atoms with Crippen molar-refractivity contribution >= 4 is 5.91 Å². The lowest BCUT2D eigenvalue weighted by atomic mass is 10.1. The van der Waals surface area contributed by atoms with Gasteiger partial charge in [0, 0.05) is 50.7 Å². The maximum absolute atomic E-state index is 12.1. The Morgan fingerprint density at radius 1 is 1.29 bits per heavy atom. The van der Waals surface area contributed by atoms with E-state index < -0.39 is 0 Å². The molecule has 21 heavy (non-hydrogen) atoms. The van der Waals surface area contributed by atoms with E-state index in [-0.39, 0.29) is 11.4 Å². The van der Waals surface area contributed by atoms with Gasteiger partial charge in [0.15, 0.2) is 0 Å². The minimum absolute atomic E-state index is 0.0161. The van der Waals surface area contributed by atoms with Crippen LogP contribution >= 0.6 is 0 Å². The number of pyridine rings is 1. The van der Waals surface area contributed by atoms with Gasteiger partial charge in [0.1, 0.15) is 0 Å². The van der Waals surface area contributed by atoms with Gasteiger partial charge in [-0.25, -0.2) is 0 Å². The Bertz CT molecular complexity index is 447. The van der Waals surface area contributed by atoms with E-state index in [0.29, 0.717) is 6.54 Å². The Morgan fingerprint density at radius 3 is 2.57 bits per heavy atom. The summed E-state index contributed by atoms with van der Waals surface area (Å²) < 4.78 is 0. The number of nitrogens with one attached hydrogen (secondary N) is 1. The maximum atomic E-state index is 12.1. The second-order valence-corrected chi connectivity index (χ2v) is 6.62. The van der Waals surface area contributed by atoms with E-state index in [1.165, 1.54) is 5.56 Å². The van der Waals surface area contributed by atoms with E-state index in [2.05, 4.69) is 42.0 Å². The Morgan fingerprint density at radius 2 is 2.00 bits per heavy atom. The van der Waals surface area contributed by atoms with Gasteiger partial charge >= 0.3 is 0 Å². The van der Waals surface area contributed by atoms with Crippen molar-refractivity contribution in [2.45, 2.75) is 32.9 Å². The molecule has 0 radical (unpaired) electrons. The molecule has 0 unspecified atom stereocenters. The number of hydrogen-bond acceptors (Lipinski definition) is 4. The van der Waals surface area contributed by atoms with Crippen LogP contribution in [-0.2, 0) is 11.3 Å². The molecule has 2 rings (SSSR count). The number of aromatic nitrogens is 1. The molecular weight excluding hydrogens is 264 g/mol. The number of amides is 1. The topological polar surface area (TPSA) is 48.5 Å². The van der Waals surface area contributed by atoms with Crippen LogP contribution in [0, 0.1) is 0 Å². The fourth-order valence-electron chi connectivity index (χ4n) is 2.36. The Balaban J connectivity index is 1.74. The first-order valence-electron chi connectivity index (χ1n) is 7.58. The van der Waals surface area contributed by atoms with Gasteiger partial charge in [-0.3, -0.25) is 14.7 Å². The Hall–Kier alpha value is -1.46. The standard InChI is InChI=1S/C16H26N4O/c1-16(2,3)18-12-15(21)20-9-7-19(8-10-20)13-14-5-4-6-17-11-14/h4-6,11,18H,7-10,12-13H2,1-3H3. The molecule has 1 N–H and O–H groups in total. The highest BCUT2D eigenvalue weighted by atomic mass is 16.2. The van der Waals surface area contributed by atoms with Gasteiger partial charge in [-0.05, 0) is 32.4 Å². The lowest BCUT2D eigenvalue weighted by molar-refractivity contribution is -0.132. The summed E-state index contributed by atoms with van der Waals surface area (Å²) in [5, 5.41) is 3.26. The zero-order valence-corrected chi connectivity index (χ0v) is 13.3. The molecule has 2 heterocycles. The molecule has 1 aliphatic heterocycles. The molecule has 1 aromatic rings. The van der Waals surface area contributed by atoms with Crippen molar-refractivity contribution in [2.75, 3.05) is 32.7 Å². The van der Waals surface area contributed by atoms with Crippen LogP contribution in [0.5, 0.6) is 0 Å². The summed E-state index contributed by atoms with van der Waals surface area (Å²) in [5.74, 6) is 0.200. The Labute approximate surface area is 127 Å². The molecule has 5 heteroatoms. The molecule has 1 amide bonds. The molecule has 0 atom stereocenters.